The Morgan fingerprint density at radius 3 is 2.60 bits per heavy atom. The van der Waals surface area contributed by atoms with Crippen LogP contribution in [0.15, 0.2) is 4.99 Å². The molecule has 1 atom stereocenters. The molecule has 0 amide bonds. The van der Waals surface area contributed by atoms with Gasteiger partial charge in [-0.3, -0.25) is 4.99 Å². The van der Waals surface area contributed by atoms with E-state index >= 15 is 0 Å². The predicted octanol–water partition coefficient (Wildman–Crippen LogP) is 0.184. The summed E-state index contributed by atoms with van der Waals surface area (Å²) in [6.45, 7) is 3.16. The maximum atomic E-state index is 3.83. The van der Waals surface area contributed by atoms with Crippen molar-refractivity contribution in [3.8, 4) is 0 Å². The molecule has 0 aliphatic rings. The first-order valence-corrected chi connectivity index (χ1v) is 3.48. The summed E-state index contributed by atoms with van der Waals surface area (Å²) in [5.74, 6) is 0. The van der Waals surface area contributed by atoms with Gasteiger partial charge in [0, 0.05) is 19.6 Å². The summed E-state index contributed by atoms with van der Waals surface area (Å²) in [4.78, 5) is 5.97. The Balaban J connectivity index is 3.33. The van der Waals surface area contributed by atoms with E-state index < -0.39 is 0 Å². The molecule has 0 aliphatic heterocycles. The molecule has 0 spiro atoms. The second-order valence-electron chi connectivity index (χ2n) is 2.72. The predicted molar refractivity (Wildman–Crippen MR) is 45.6 cm³/mol. The number of rotatable bonds is 4. The zero-order valence-electron chi connectivity index (χ0n) is 7.26. The lowest BCUT2D eigenvalue weighted by atomic mass is 10.3. The molecular formula is C7H17N3. The molecule has 0 radical (unpaired) electrons. The Morgan fingerprint density at radius 2 is 2.20 bits per heavy atom. The van der Waals surface area contributed by atoms with Crippen LogP contribution < -0.4 is 5.32 Å². The lowest BCUT2D eigenvalue weighted by Crippen LogP contribution is -2.34. The van der Waals surface area contributed by atoms with Crippen LogP contribution in [0.4, 0.5) is 0 Å². The molecule has 3 nitrogen and oxygen atoms in total. The first kappa shape index (κ1) is 9.43. The van der Waals surface area contributed by atoms with E-state index in [-0.39, 0.29) is 0 Å². The van der Waals surface area contributed by atoms with Gasteiger partial charge in [-0.2, -0.15) is 0 Å². The molecule has 10 heavy (non-hydrogen) atoms. The average molecular weight is 143 g/mol. The van der Waals surface area contributed by atoms with Gasteiger partial charge in [-0.05, 0) is 21.0 Å². The van der Waals surface area contributed by atoms with E-state index in [0.29, 0.717) is 6.04 Å². The second kappa shape index (κ2) is 5.23. The van der Waals surface area contributed by atoms with Gasteiger partial charge in [0.25, 0.3) is 0 Å². The van der Waals surface area contributed by atoms with Gasteiger partial charge in [0.2, 0.25) is 0 Å². The quantitative estimate of drug-likeness (QED) is 0.449. The molecule has 0 saturated carbocycles. The Hall–Kier alpha value is -0.570. The van der Waals surface area contributed by atoms with Crippen LogP contribution in [-0.2, 0) is 0 Å². The van der Waals surface area contributed by atoms with Crippen LogP contribution in [0.1, 0.15) is 6.92 Å². The van der Waals surface area contributed by atoms with Crippen LogP contribution in [0.3, 0.4) is 0 Å². The van der Waals surface area contributed by atoms with E-state index in [2.05, 4.69) is 36.2 Å². The molecule has 0 aromatic heterocycles. The highest BCUT2D eigenvalue weighted by Gasteiger charge is 1.98. The van der Waals surface area contributed by atoms with E-state index in [9.17, 15) is 0 Å². The largest absolute Gasteiger partial charge is 0.373 e. The fraction of sp³-hybridized carbons (Fsp3) is 0.857. The fourth-order valence-corrected chi connectivity index (χ4v) is 0.802. The fourth-order valence-electron chi connectivity index (χ4n) is 0.802. The van der Waals surface area contributed by atoms with Crippen molar-refractivity contribution >= 4 is 6.34 Å². The van der Waals surface area contributed by atoms with Crippen molar-refractivity contribution in [2.24, 2.45) is 4.99 Å². The SMILES string of the molecule is CN=CNC(C)CN(C)C. The standard InChI is InChI=1S/C7H17N3/c1-7(5-10(3)4)9-6-8-2/h6-7H,5H2,1-4H3,(H,8,9). The lowest BCUT2D eigenvalue weighted by molar-refractivity contribution is 0.371. The summed E-state index contributed by atoms with van der Waals surface area (Å²) in [5.41, 5.74) is 0. The monoisotopic (exact) mass is 143 g/mol. The molecule has 0 aromatic rings. The van der Waals surface area contributed by atoms with Crippen molar-refractivity contribution in [2.45, 2.75) is 13.0 Å². The normalized spacial score (nSPS) is 14.5. The third kappa shape index (κ3) is 5.56. The van der Waals surface area contributed by atoms with Crippen LogP contribution in [-0.4, -0.2) is 45.0 Å². The minimum Gasteiger partial charge on any atom is -0.373 e. The number of hydrogen-bond donors (Lipinski definition) is 1. The lowest BCUT2D eigenvalue weighted by Gasteiger charge is -2.16. The summed E-state index contributed by atoms with van der Waals surface area (Å²) in [6.07, 6.45) is 1.73. The van der Waals surface area contributed by atoms with Crippen molar-refractivity contribution in [3.05, 3.63) is 0 Å². The molecule has 0 aliphatic carbocycles. The first-order chi connectivity index (χ1) is 4.66. The minimum atomic E-state index is 0.471. The van der Waals surface area contributed by atoms with Crippen LogP contribution in [0.25, 0.3) is 0 Å². The molecule has 3 heteroatoms. The van der Waals surface area contributed by atoms with Crippen molar-refractivity contribution in [3.63, 3.8) is 0 Å². The highest BCUT2D eigenvalue weighted by molar-refractivity contribution is 5.54. The number of nitrogens with zero attached hydrogens (tertiary/aromatic N) is 2. The van der Waals surface area contributed by atoms with Gasteiger partial charge in [-0.15, -0.1) is 0 Å². The highest BCUT2D eigenvalue weighted by Crippen LogP contribution is 1.81. The maximum Gasteiger partial charge on any atom is 0.0822 e. The average Bonchev–Trinajstić information content (AvgIpc) is 1.82. The van der Waals surface area contributed by atoms with Gasteiger partial charge >= 0.3 is 0 Å². The minimum absolute atomic E-state index is 0.471. The molecule has 0 saturated heterocycles. The maximum absolute atomic E-state index is 3.83. The molecule has 0 fully saturated rings. The summed E-state index contributed by atoms with van der Waals surface area (Å²) >= 11 is 0. The Kier molecular flexibility index (Phi) is 4.94. The summed E-state index contributed by atoms with van der Waals surface area (Å²) in [5, 5.41) is 3.13. The number of aliphatic imine (C=N–C) groups is 1. The van der Waals surface area contributed by atoms with Gasteiger partial charge in [-0.25, -0.2) is 0 Å². The van der Waals surface area contributed by atoms with Crippen molar-refractivity contribution in [2.75, 3.05) is 27.7 Å². The van der Waals surface area contributed by atoms with E-state index in [0.717, 1.165) is 6.54 Å². The summed E-state index contributed by atoms with van der Waals surface area (Å²) < 4.78 is 0. The van der Waals surface area contributed by atoms with Crippen LogP contribution in [0.2, 0.25) is 0 Å². The number of hydrogen-bond acceptors (Lipinski definition) is 2. The Morgan fingerprint density at radius 1 is 1.60 bits per heavy atom. The van der Waals surface area contributed by atoms with Crippen molar-refractivity contribution in [1.82, 2.24) is 10.2 Å². The molecule has 0 heterocycles. The first-order valence-electron chi connectivity index (χ1n) is 3.48. The zero-order valence-corrected chi connectivity index (χ0v) is 7.26. The summed E-state index contributed by atoms with van der Waals surface area (Å²) in [6, 6.07) is 0.471. The smallest absolute Gasteiger partial charge is 0.0822 e. The highest BCUT2D eigenvalue weighted by atomic mass is 15.1. The van der Waals surface area contributed by atoms with Gasteiger partial charge < -0.3 is 10.2 Å². The van der Waals surface area contributed by atoms with Crippen LogP contribution in [0, 0.1) is 0 Å². The second-order valence-corrected chi connectivity index (χ2v) is 2.72. The zero-order chi connectivity index (χ0) is 7.98. The van der Waals surface area contributed by atoms with E-state index in [1.54, 1.807) is 13.4 Å². The molecular weight excluding hydrogens is 126 g/mol. The number of likely N-dealkylation sites (N-methyl/N-ethyl adjacent to an activating group) is 1. The third-order valence-corrected chi connectivity index (χ3v) is 1.13. The van der Waals surface area contributed by atoms with E-state index in [4.69, 9.17) is 0 Å². The molecule has 0 rings (SSSR count). The van der Waals surface area contributed by atoms with Crippen molar-refractivity contribution in [1.29, 1.82) is 0 Å². The van der Waals surface area contributed by atoms with Gasteiger partial charge in [-0.1, -0.05) is 0 Å². The van der Waals surface area contributed by atoms with E-state index in [1.165, 1.54) is 0 Å². The van der Waals surface area contributed by atoms with Crippen LogP contribution in [0.5, 0.6) is 0 Å². The van der Waals surface area contributed by atoms with Gasteiger partial charge in [0.1, 0.15) is 0 Å². The molecule has 1 unspecified atom stereocenters. The number of nitrogens with one attached hydrogen (secondary N) is 1. The third-order valence-electron chi connectivity index (χ3n) is 1.13. The molecule has 60 valence electrons. The van der Waals surface area contributed by atoms with Gasteiger partial charge in [0.05, 0.1) is 6.34 Å². The van der Waals surface area contributed by atoms with Crippen molar-refractivity contribution < 1.29 is 0 Å². The Bertz CT molecular complexity index is 99.0. The molecule has 0 bridgehead atoms. The Labute approximate surface area is 63.1 Å². The van der Waals surface area contributed by atoms with Crippen LogP contribution >= 0.6 is 0 Å². The molecule has 1 N–H and O–H groups in total. The molecule has 0 aromatic carbocycles. The topological polar surface area (TPSA) is 27.6 Å². The summed E-state index contributed by atoms with van der Waals surface area (Å²) in [7, 11) is 5.87. The van der Waals surface area contributed by atoms with E-state index in [1.807, 2.05) is 0 Å². The van der Waals surface area contributed by atoms with Gasteiger partial charge in [0.15, 0.2) is 0 Å².